The number of pyridine rings is 1. The van der Waals surface area contributed by atoms with Gasteiger partial charge in [0.2, 0.25) is 0 Å². The fourth-order valence-electron chi connectivity index (χ4n) is 0.819. The fourth-order valence-corrected chi connectivity index (χ4v) is 0.819. The smallest absolute Gasteiger partial charge is 0.135 e. The van der Waals surface area contributed by atoms with E-state index in [0.29, 0.717) is 6.61 Å². The molecule has 1 heterocycles. The molecule has 0 saturated heterocycles. The molecule has 0 N–H and O–H groups in total. The number of rotatable bonds is 4. The molecule has 1 aromatic heterocycles. The minimum absolute atomic E-state index is 0.431. The summed E-state index contributed by atoms with van der Waals surface area (Å²) in [6, 6.07) is 1.89. The minimum atomic E-state index is 0.431. The van der Waals surface area contributed by atoms with Crippen LogP contribution in [0.3, 0.4) is 0 Å². The molecule has 0 saturated carbocycles. The summed E-state index contributed by atoms with van der Waals surface area (Å²) in [6.07, 6.45) is 6.83. The largest absolute Gasteiger partial charge is 0.392 e. The molecular formula is C10H12N2O. The SMILES string of the molecule is C=CCO/N=C\c1ccncc1C. The summed E-state index contributed by atoms with van der Waals surface area (Å²) >= 11 is 0. The Kier molecular flexibility index (Phi) is 3.70. The van der Waals surface area contributed by atoms with E-state index in [0.717, 1.165) is 11.1 Å². The topological polar surface area (TPSA) is 34.5 Å². The van der Waals surface area contributed by atoms with Crippen LogP contribution in [-0.4, -0.2) is 17.8 Å². The zero-order chi connectivity index (χ0) is 9.52. The summed E-state index contributed by atoms with van der Waals surface area (Å²) in [5.41, 5.74) is 2.09. The summed E-state index contributed by atoms with van der Waals surface area (Å²) in [5, 5.41) is 3.77. The van der Waals surface area contributed by atoms with Crippen molar-refractivity contribution < 1.29 is 4.84 Å². The van der Waals surface area contributed by atoms with Gasteiger partial charge in [0.25, 0.3) is 0 Å². The van der Waals surface area contributed by atoms with E-state index in [9.17, 15) is 0 Å². The zero-order valence-electron chi connectivity index (χ0n) is 7.60. The van der Waals surface area contributed by atoms with Crippen LogP contribution in [0.2, 0.25) is 0 Å². The molecule has 0 aliphatic heterocycles. The van der Waals surface area contributed by atoms with E-state index in [1.165, 1.54) is 0 Å². The third kappa shape index (κ3) is 3.07. The second-order valence-electron chi connectivity index (χ2n) is 2.55. The predicted octanol–water partition coefficient (Wildman–Crippen LogP) is 1.93. The highest BCUT2D eigenvalue weighted by molar-refractivity contribution is 5.80. The zero-order valence-corrected chi connectivity index (χ0v) is 7.60. The van der Waals surface area contributed by atoms with Gasteiger partial charge in [0.1, 0.15) is 6.61 Å². The Morgan fingerprint density at radius 1 is 1.69 bits per heavy atom. The number of nitrogens with zero attached hydrogens (tertiary/aromatic N) is 2. The van der Waals surface area contributed by atoms with Gasteiger partial charge in [-0.3, -0.25) is 4.98 Å². The normalized spacial score (nSPS) is 10.2. The van der Waals surface area contributed by atoms with E-state index in [-0.39, 0.29) is 0 Å². The second kappa shape index (κ2) is 5.09. The first kappa shape index (κ1) is 9.45. The molecule has 3 nitrogen and oxygen atoms in total. The van der Waals surface area contributed by atoms with Gasteiger partial charge in [-0.15, -0.1) is 0 Å². The summed E-state index contributed by atoms with van der Waals surface area (Å²) in [5.74, 6) is 0. The highest BCUT2D eigenvalue weighted by Gasteiger charge is 1.91. The Bertz CT molecular complexity index is 308. The van der Waals surface area contributed by atoms with E-state index in [1.54, 1.807) is 24.7 Å². The van der Waals surface area contributed by atoms with Crippen LogP contribution >= 0.6 is 0 Å². The minimum Gasteiger partial charge on any atom is -0.392 e. The third-order valence-corrected chi connectivity index (χ3v) is 1.52. The van der Waals surface area contributed by atoms with Gasteiger partial charge in [-0.05, 0) is 18.6 Å². The Morgan fingerprint density at radius 3 is 3.23 bits per heavy atom. The van der Waals surface area contributed by atoms with Crippen LogP contribution in [0.25, 0.3) is 0 Å². The number of hydrogen-bond acceptors (Lipinski definition) is 3. The fraction of sp³-hybridized carbons (Fsp3) is 0.200. The van der Waals surface area contributed by atoms with Gasteiger partial charge >= 0.3 is 0 Å². The number of oxime groups is 1. The maximum absolute atomic E-state index is 4.87. The Morgan fingerprint density at radius 2 is 2.54 bits per heavy atom. The van der Waals surface area contributed by atoms with Crippen LogP contribution < -0.4 is 0 Å². The quantitative estimate of drug-likeness (QED) is 0.304. The van der Waals surface area contributed by atoms with E-state index in [1.807, 2.05) is 13.0 Å². The van der Waals surface area contributed by atoms with E-state index >= 15 is 0 Å². The van der Waals surface area contributed by atoms with Gasteiger partial charge in [0.15, 0.2) is 0 Å². The summed E-state index contributed by atoms with van der Waals surface area (Å²) in [6.45, 7) is 5.92. The molecule has 13 heavy (non-hydrogen) atoms. The molecule has 0 aromatic carbocycles. The van der Waals surface area contributed by atoms with Gasteiger partial charge in [-0.2, -0.15) is 0 Å². The van der Waals surface area contributed by atoms with Crippen LogP contribution in [0.1, 0.15) is 11.1 Å². The van der Waals surface area contributed by atoms with Crippen molar-refractivity contribution in [3.05, 3.63) is 42.2 Å². The van der Waals surface area contributed by atoms with E-state index < -0.39 is 0 Å². The molecule has 1 aromatic rings. The van der Waals surface area contributed by atoms with Gasteiger partial charge in [-0.1, -0.05) is 17.8 Å². The van der Waals surface area contributed by atoms with Crippen LogP contribution in [0.5, 0.6) is 0 Å². The lowest BCUT2D eigenvalue weighted by Crippen LogP contribution is -1.89. The molecule has 3 heteroatoms. The first-order valence-corrected chi connectivity index (χ1v) is 4.01. The van der Waals surface area contributed by atoms with Crippen molar-refractivity contribution in [1.29, 1.82) is 0 Å². The van der Waals surface area contributed by atoms with Crippen molar-refractivity contribution in [2.45, 2.75) is 6.92 Å². The molecule has 0 spiro atoms. The van der Waals surface area contributed by atoms with Crippen LogP contribution in [0, 0.1) is 6.92 Å². The molecule has 0 aliphatic carbocycles. The molecule has 68 valence electrons. The average Bonchev–Trinajstić information content (AvgIpc) is 2.15. The molecule has 0 fully saturated rings. The molecule has 0 aliphatic rings. The lowest BCUT2D eigenvalue weighted by Gasteiger charge is -1.96. The maximum atomic E-state index is 4.87. The van der Waals surface area contributed by atoms with Crippen molar-refractivity contribution >= 4 is 6.21 Å². The monoisotopic (exact) mass is 176 g/mol. The van der Waals surface area contributed by atoms with Crippen molar-refractivity contribution in [1.82, 2.24) is 4.98 Å². The van der Waals surface area contributed by atoms with Crippen LogP contribution in [0.4, 0.5) is 0 Å². The molecule has 0 unspecified atom stereocenters. The summed E-state index contributed by atoms with van der Waals surface area (Å²) < 4.78 is 0. The maximum Gasteiger partial charge on any atom is 0.135 e. The second-order valence-corrected chi connectivity index (χ2v) is 2.55. The van der Waals surface area contributed by atoms with Crippen LogP contribution in [0.15, 0.2) is 36.3 Å². The Hall–Kier alpha value is -1.64. The van der Waals surface area contributed by atoms with Gasteiger partial charge in [-0.25, -0.2) is 0 Å². The lowest BCUT2D eigenvalue weighted by atomic mass is 10.2. The predicted molar refractivity (Wildman–Crippen MR) is 52.7 cm³/mol. The number of aryl methyl sites for hydroxylation is 1. The molecular weight excluding hydrogens is 164 g/mol. The van der Waals surface area contributed by atoms with Crippen molar-refractivity contribution in [2.75, 3.05) is 6.61 Å². The lowest BCUT2D eigenvalue weighted by molar-refractivity contribution is 0.176. The third-order valence-electron chi connectivity index (χ3n) is 1.52. The highest BCUT2D eigenvalue weighted by atomic mass is 16.6. The first-order valence-electron chi connectivity index (χ1n) is 4.01. The molecule has 0 atom stereocenters. The van der Waals surface area contributed by atoms with Gasteiger partial charge in [0.05, 0.1) is 6.21 Å². The van der Waals surface area contributed by atoms with E-state index in [2.05, 4.69) is 16.7 Å². The first-order chi connectivity index (χ1) is 6.34. The summed E-state index contributed by atoms with van der Waals surface area (Å²) in [4.78, 5) is 8.84. The highest BCUT2D eigenvalue weighted by Crippen LogP contribution is 2.00. The standard InChI is InChI=1S/C10H12N2O/c1-3-6-13-12-8-10-4-5-11-7-9(10)2/h3-5,7-8H,1,6H2,2H3/b12-8-. The molecule has 0 amide bonds. The van der Waals surface area contributed by atoms with Crippen molar-refractivity contribution in [2.24, 2.45) is 5.16 Å². The molecule has 0 radical (unpaired) electrons. The number of hydrogen-bond donors (Lipinski definition) is 0. The average molecular weight is 176 g/mol. The Labute approximate surface area is 77.7 Å². The Balaban J connectivity index is 2.58. The summed E-state index contributed by atoms with van der Waals surface area (Å²) in [7, 11) is 0. The molecule has 0 bridgehead atoms. The van der Waals surface area contributed by atoms with Gasteiger partial charge < -0.3 is 4.84 Å². The van der Waals surface area contributed by atoms with E-state index in [4.69, 9.17) is 4.84 Å². The van der Waals surface area contributed by atoms with Gasteiger partial charge in [0, 0.05) is 18.0 Å². The van der Waals surface area contributed by atoms with Crippen molar-refractivity contribution in [3.8, 4) is 0 Å². The van der Waals surface area contributed by atoms with Crippen molar-refractivity contribution in [3.63, 3.8) is 0 Å². The number of aromatic nitrogens is 1. The molecule has 1 rings (SSSR count). The van der Waals surface area contributed by atoms with Crippen LogP contribution in [-0.2, 0) is 4.84 Å².